The van der Waals surface area contributed by atoms with Crippen molar-refractivity contribution in [2.24, 2.45) is 5.73 Å². The molecule has 0 spiro atoms. The predicted molar refractivity (Wildman–Crippen MR) is 68.8 cm³/mol. The summed E-state index contributed by atoms with van der Waals surface area (Å²) < 4.78 is 44.9. The number of nitrogens with two attached hydrogens (primary N) is 1. The van der Waals surface area contributed by atoms with Gasteiger partial charge in [-0.05, 0) is 24.6 Å². The minimum atomic E-state index is -3.55. The van der Waals surface area contributed by atoms with E-state index < -0.39 is 24.4 Å². The first-order valence-corrected chi connectivity index (χ1v) is 5.57. The Kier molecular flexibility index (Phi) is 6.93. The van der Waals surface area contributed by atoms with Crippen LogP contribution >= 0.6 is 24.0 Å². The van der Waals surface area contributed by atoms with E-state index in [4.69, 9.17) is 27.2 Å². The van der Waals surface area contributed by atoms with E-state index in [0.717, 1.165) is 12.1 Å². The topological polar surface area (TPSA) is 55.5 Å². The molecule has 0 heterocycles. The molecule has 0 aliphatic rings. The van der Waals surface area contributed by atoms with Gasteiger partial charge in [-0.25, -0.2) is 13.2 Å². The van der Waals surface area contributed by atoms with Crippen LogP contribution in [0.25, 0.3) is 0 Å². The SMILES string of the molecule is CCOc1c(F)cc([C@H](N)C(F)(F)CO)cc1Cl.Cl. The number of halogens is 5. The molecule has 3 nitrogen and oxygen atoms in total. The summed E-state index contributed by atoms with van der Waals surface area (Å²) in [7, 11) is 0. The molecule has 0 aromatic heterocycles. The number of aliphatic hydroxyl groups excluding tert-OH is 1. The van der Waals surface area contributed by atoms with Crippen LogP contribution in [0.2, 0.25) is 5.02 Å². The number of rotatable bonds is 5. The van der Waals surface area contributed by atoms with Gasteiger partial charge in [0.1, 0.15) is 6.61 Å². The van der Waals surface area contributed by atoms with E-state index in [1.807, 2.05) is 0 Å². The van der Waals surface area contributed by atoms with Gasteiger partial charge >= 0.3 is 0 Å². The molecule has 0 unspecified atom stereocenters. The smallest absolute Gasteiger partial charge is 0.289 e. The molecule has 0 saturated carbocycles. The molecule has 110 valence electrons. The molecule has 19 heavy (non-hydrogen) atoms. The standard InChI is InChI=1S/C11H13ClF3NO2.ClH/c1-2-18-9-7(12)3-6(4-8(9)13)10(16)11(14,15)5-17;/h3-4,10,17H,2,5,16H2,1H3;1H/t10-;/m0./s1. The first-order valence-electron chi connectivity index (χ1n) is 5.19. The van der Waals surface area contributed by atoms with Crippen LogP contribution in [0.5, 0.6) is 5.75 Å². The fraction of sp³-hybridized carbons (Fsp3) is 0.455. The third-order valence-corrected chi connectivity index (χ3v) is 2.61. The first kappa shape index (κ1) is 18.3. The number of alkyl halides is 2. The highest BCUT2D eigenvalue weighted by molar-refractivity contribution is 6.32. The normalized spacial score (nSPS) is 12.8. The first-order chi connectivity index (χ1) is 8.33. The van der Waals surface area contributed by atoms with E-state index >= 15 is 0 Å². The van der Waals surface area contributed by atoms with Crippen molar-refractivity contribution in [1.82, 2.24) is 0 Å². The summed E-state index contributed by atoms with van der Waals surface area (Å²) >= 11 is 5.72. The zero-order chi connectivity index (χ0) is 13.9. The van der Waals surface area contributed by atoms with Crippen molar-refractivity contribution in [2.75, 3.05) is 13.2 Å². The second-order valence-electron chi connectivity index (χ2n) is 3.64. The summed E-state index contributed by atoms with van der Waals surface area (Å²) in [5, 5.41) is 8.38. The Hall–Kier alpha value is -0.690. The van der Waals surface area contributed by atoms with Crippen LogP contribution in [-0.2, 0) is 0 Å². The van der Waals surface area contributed by atoms with Gasteiger partial charge in [-0.2, -0.15) is 0 Å². The largest absolute Gasteiger partial charge is 0.489 e. The molecule has 0 aliphatic carbocycles. The van der Waals surface area contributed by atoms with Crippen molar-refractivity contribution in [3.05, 3.63) is 28.5 Å². The Morgan fingerprint density at radius 2 is 2.05 bits per heavy atom. The fourth-order valence-corrected chi connectivity index (χ4v) is 1.65. The van der Waals surface area contributed by atoms with E-state index in [0.29, 0.717) is 0 Å². The molecule has 0 aliphatic heterocycles. The zero-order valence-corrected chi connectivity index (χ0v) is 11.6. The Bertz CT molecular complexity index is 409. The number of hydrogen-bond acceptors (Lipinski definition) is 3. The predicted octanol–water partition coefficient (Wildman–Crippen LogP) is 2.93. The second-order valence-corrected chi connectivity index (χ2v) is 4.05. The van der Waals surface area contributed by atoms with E-state index in [1.165, 1.54) is 0 Å². The monoisotopic (exact) mass is 319 g/mol. The van der Waals surface area contributed by atoms with Crippen molar-refractivity contribution in [2.45, 2.75) is 18.9 Å². The number of benzene rings is 1. The van der Waals surface area contributed by atoms with Crippen molar-refractivity contribution in [3.63, 3.8) is 0 Å². The molecule has 0 saturated heterocycles. The highest BCUT2D eigenvalue weighted by atomic mass is 35.5. The summed E-state index contributed by atoms with van der Waals surface area (Å²) in [6.07, 6.45) is 0. The highest BCUT2D eigenvalue weighted by Gasteiger charge is 2.38. The van der Waals surface area contributed by atoms with Crippen molar-refractivity contribution in [1.29, 1.82) is 0 Å². The summed E-state index contributed by atoms with van der Waals surface area (Å²) in [5.41, 5.74) is 5.06. The third kappa shape index (κ3) is 4.14. The molecule has 8 heteroatoms. The lowest BCUT2D eigenvalue weighted by Gasteiger charge is -2.22. The summed E-state index contributed by atoms with van der Waals surface area (Å²) in [4.78, 5) is 0. The minimum absolute atomic E-state index is 0. The molecule has 1 aromatic rings. The van der Waals surface area contributed by atoms with Crippen LogP contribution in [0.3, 0.4) is 0 Å². The van der Waals surface area contributed by atoms with Crippen molar-refractivity contribution >= 4 is 24.0 Å². The van der Waals surface area contributed by atoms with Crippen molar-refractivity contribution in [3.8, 4) is 5.75 Å². The number of ether oxygens (including phenoxy) is 1. The Morgan fingerprint density at radius 1 is 1.47 bits per heavy atom. The third-order valence-electron chi connectivity index (χ3n) is 2.33. The van der Waals surface area contributed by atoms with E-state index in [9.17, 15) is 13.2 Å². The van der Waals surface area contributed by atoms with Crippen LogP contribution in [0.1, 0.15) is 18.5 Å². The minimum Gasteiger partial charge on any atom is -0.489 e. The molecule has 0 radical (unpaired) electrons. The number of aliphatic hydroxyl groups is 1. The van der Waals surface area contributed by atoms with Gasteiger partial charge in [0.05, 0.1) is 17.7 Å². The quantitative estimate of drug-likeness (QED) is 0.877. The summed E-state index contributed by atoms with van der Waals surface area (Å²) in [6, 6.07) is 0.0831. The molecule has 0 amide bonds. The van der Waals surface area contributed by atoms with E-state index in [-0.39, 0.29) is 35.3 Å². The van der Waals surface area contributed by atoms with Gasteiger partial charge in [0.2, 0.25) is 0 Å². The number of hydrogen-bond donors (Lipinski definition) is 2. The van der Waals surface area contributed by atoms with E-state index in [2.05, 4.69) is 0 Å². The Morgan fingerprint density at radius 3 is 2.47 bits per heavy atom. The lowest BCUT2D eigenvalue weighted by Crippen LogP contribution is -2.36. The van der Waals surface area contributed by atoms with Crippen LogP contribution in [0, 0.1) is 5.82 Å². The van der Waals surface area contributed by atoms with Crippen LogP contribution in [-0.4, -0.2) is 24.2 Å². The molecule has 1 rings (SSSR count). The van der Waals surface area contributed by atoms with Gasteiger partial charge in [0.25, 0.3) is 5.92 Å². The Balaban J connectivity index is 0.00000324. The Labute approximate surface area is 119 Å². The molecule has 3 N–H and O–H groups in total. The maximum Gasteiger partial charge on any atom is 0.289 e. The molecule has 0 bridgehead atoms. The summed E-state index contributed by atoms with van der Waals surface area (Å²) in [6.45, 7) is 0.394. The fourth-order valence-electron chi connectivity index (χ4n) is 1.38. The summed E-state index contributed by atoms with van der Waals surface area (Å²) in [5.74, 6) is -4.63. The molecule has 1 atom stereocenters. The molecule has 1 aromatic carbocycles. The molecule has 0 fully saturated rings. The van der Waals surface area contributed by atoms with Gasteiger partial charge in [-0.1, -0.05) is 11.6 Å². The van der Waals surface area contributed by atoms with Crippen LogP contribution < -0.4 is 10.5 Å². The van der Waals surface area contributed by atoms with Crippen molar-refractivity contribution < 1.29 is 23.0 Å². The zero-order valence-electron chi connectivity index (χ0n) is 10.00. The highest BCUT2D eigenvalue weighted by Crippen LogP contribution is 2.35. The second kappa shape index (κ2) is 7.19. The van der Waals surface area contributed by atoms with Gasteiger partial charge in [-0.15, -0.1) is 12.4 Å². The average molecular weight is 320 g/mol. The van der Waals surface area contributed by atoms with Crippen LogP contribution in [0.15, 0.2) is 12.1 Å². The van der Waals surface area contributed by atoms with E-state index in [1.54, 1.807) is 6.92 Å². The maximum atomic E-state index is 13.6. The van der Waals surface area contributed by atoms with Crippen LogP contribution in [0.4, 0.5) is 13.2 Å². The molecular weight excluding hydrogens is 306 g/mol. The molecular formula is C11H14Cl2F3NO2. The average Bonchev–Trinajstić information content (AvgIpc) is 2.32. The van der Waals surface area contributed by atoms with Gasteiger partial charge in [0.15, 0.2) is 11.6 Å². The maximum absolute atomic E-state index is 13.6. The van der Waals surface area contributed by atoms with Gasteiger partial charge in [0, 0.05) is 0 Å². The van der Waals surface area contributed by atoms with Gasteiger partial charge < -0.3 is 15.6 Å². The lowest BCUT2D eigenvalue weighted by atomic mass is 10.0. The lowest BCUT2D eigenvalue weighted by molar-refractivity contribution is -0.0712. The van der Waals surface area contributed by atoms with Gasteiger partial charge in [-0.3, -0.25) is 0 Å².